The van der Waals surface area contributed by atoms with Crippen LogP contribution in [-0.4, -0.2) is 18.6 Å². The summed E-state index contributed by atoms with van der Waals surface area (Å²) >= 11 is 0. The van der Waals surface area contributed by atoms with Crippen LogP contribution >= 0.6 is 0 Å². The Hall–Kier alpha value is -1.71. The average Bonchev–Trinajstić information content (AvgIpc) is 2.39. The smallest absolute Gasteiger partial charge is 0.340 e. The van der Waals surface area contributed by atoms with Gasteiger partial charge in [-0.3, -0.25) is 0 Å². The first-order chi connectivity index (χ1) is 9.43. The molecule has 112 valence electrons. The van der Waals surface area contributed by atoms with E-state index in [-0.39, 0.29) is 5.97 Å². The summed E-state index contributed by atoms with van der Waals surface area (Å²) in [7, 11) is 0. The molecule has 1 unspecified atom stereocenters. The number of esters is 1. The van der Waals surface area contributed by atoms with Crippen molar-refractivity contribution in [1.29, 1.82) is 0 Å². The van der Waals surface area contributed by atoms with Crippen LogP contribution in [0.15, 0.2) is 18.2 Å². The van der Waals surface area contributed by atoms with E-state index < -0.39 is 0 Å². The van der Waals surface area contributed by atoms with Crippen LogP contribution in [0.3, 0.4) is 0 Å². The highest BCUT2D eigenvalue weighted by Gasteiger charge is 2.12. The van der Waals surface area contributed by atoms with Gasteiger partial charge in [0.05, 0.1) is 12.2 Å². The molecule has 0 spiro atoms. The zero-order valence-corrected chi connectivity index (χ0v) is 12.9. The molecule has 0 saturated heterocycles. The minimum atomic E-state index is -0.372. The summed E-state index contributed by atoms with van der Waals surface area (Å²) in [6, 6.07) is 5.75. The van der Waals surface area contributed by atoms with Crippen LogP contribution < -0.4 is 11.1 Å². The Balaban J connectivity index is 2.72. The lowest BCUT2D eigenvalue weighted by Crippen LogP contribution is -2.16. The highest BCUT2D eigenvalue weighted by molar-refractivity contribution is 5.96. The molecule has 1 aromatic rings. The molecule has 0 fully saturated rings. The molecule has 20 heavy (non-hydrogen) atoms. The summed E-state index contributed by atoms with van der Waals surface area (Å²) in [5, 5.41) is 3.40. The molecule has 0 bridgehead atoms. The maximum atomic E-state index is 11.8. The highest BCUT2D eigenvalue weighted by atomic mass is 16.5. The second kappa shape index (κ2) is 7.78. The first-order valence-corrected chi connectivity index (χ1v) is 7.27. The fourth-order valence-electron chi connectivity index (χ4n) is 1.97. The lowest BCUT2D eigenvalue weighted by Gasteiger charge is -2.17. The Kier molecular flexibility index (Phi) is 6.36. The molecule has 4 heteroatoms. The van der Waals surface area contributed by atoms with Crippen LogP contribution in [0.1, 0.15) is 50.9 Å². The molecule has 3 N–H and O–H groups in total. The Morgan fingerprint density at radius 2 is 2.00 bits per heavy atom. The van der Waals surface area contributed by atoms with Crippen LogP contribution in [0.25, 0.3) is 0 Å². The minimum Gasteiger partial charge on any atom is -0.462 e. The molecule has 0 aromatic heterocycles. The zero-order valence-electron chi connectivity index (χ0n) is 12.9. The van der Waals surface area contributed by atoms with Crippen molar-refractivity contribution in [3.05, 3.63) is 23.8 Å². The molecule has 0 radical (unpaired) electrons. The monoisotopic (exact) mass is 278 g/mol. The minimum absolute atomic E-state index is 0.348. The molecule has 0 heterocycles. The van der Waals surface area contributed by atoms with Crippen molar-refractivity contribution in [1.82, 2.24) is 0 Å². The lowest BCUT2D eigenvalue weighted by molar-refractivity contribution is 0.0527. The number of nitrogens with one attached hydrogen (secondary N) is 1. The molecular formula is C16H26N2O2. The van der Waals surface area contributed by atoms with E-state index in [1.807, 2.05) is 6.07 Å². The van der Waals surface area contributed by atoms with Crippen molar-refractivity contribution in [2.24, 2.45) is 5.92 Å². The van der Waals surface area contributed by atoms with Gasteiger partial charge in [-0.15, -0.1) is 0 Å². The standard InChI is InChI=1S/C16H26N2O2/c1-5-20-16(19)14-10-13(8-9-15(14)17)18-12(4)7-6-11(2)3/h8-12,18H,5-7,17H2,1-4H3. The van der Waals surface area contributed by atoms with Gasteiger partial charge in [0.15, 0.2) is 0 Å². The van der Waals surface area contributed by atoms with Crippen molar-refractivity contribution >= 4 is 17.3 Å². The summed E-state index contributed by atoms with van der Waals surface area (Å²) in [5.74, 6) is 0.323. The number of benzene rings is 1. The van der Waals surface area contributed by atoms with Crippen molar-refractivity contribution < 1.29 is 9.53 Å². The number of nitrogen functional groups attached to an aromatic ring is 1. The van der Waals surface area contributed by atoms with Gasteiger partial charge < -0.3 is 15.8 Å². The molecule has 0 aliphatic rings. The third kappa shape index (κ3) is 5.11. The van der Waals surface area contributed by atoms with Gasteiger partial charge in [-0.05, 0) is 50.8 Å². The molecule has 0 aliphatic heterocycles. The quantitative estimate of drug-likeness (QED) is 0.590. The summed E-state index contributed by atoms with van der Waals surface area (Å²) in [6.45, 7) is 8.71. The molecule has 1 aromatic carbocycles. The number of hydrogen-bond donors (Lipinski definition) is 2. The van der Waals surface area contributed by atoms with Crippen molar-refractivity contribution in [3.8, 4) is 0 Å². The van der Waals surface area contributed by atoms with Crippen LogP contribution in [-0.2, 0) is 4.74 Å². The Morgan fingerprint density at radius 1 is 1.30 bits per heavy atom. The number of carbonyl (C=O) groups is 1. The van der Waals surface area contributed by atoms with Crippen LogP contribution in [0.2, 0.25) is 0 Å². The molecule has 0 amide bonds. The molecule has 1 atom stereocenters. The van der Waals surface area contributed by atoms with Gasteiger partial charge in [0.25, 0.3) is 0 Å². The third-order valence-electron chi connectivity index (χ3n) is 3.14. The van der Waals surface area contributed by atoms with Gasteiger partial charge in [-0.2, -0.15) is 0 Å². The molecule has 1 rings (SSSR count). The first kappa shape index (κ1) is 16.3. The van der Waals surface area contributed by atoms with E-state index in [1.54, 1.807) is 19.1 Å². The number of hydrogen-bond acceptors (Lipinski definition) is 4. The van der Waals surface area contributed by atoms with E-state index in [9.17, 15) is 4.79 Å². The summed E-state index contributed by atoms with van der Waals surface area (Å²) in [6.07, 6.45) is 2.27. The zero-order chi connectivity index (χ0) is 15.1. The fourth-order valence-corrected chi connectivity index (χ4v) is 1.97. The second-order valence-corrected chi connectivity index (χ2v) is 5.54. The normalized spacial score (nSPS) is 12.2. The first-order valence-electron chi connectivity index (χ1n) is 7.27. The van der Waals surface area contributed by atoms with E-state index in [4.69, 9.17) is 10.5 Å². The number of rotatable bonds is 7. The van der Waals surface area contributed by atoms with Gasteiger partial charge in [0.2, 0.25) is 0 Å². The lowest BCUT2D eigenvalue weighted by atomic mass is 10.0. The van der Waals surface area contributed by atoms with E-state index in [1.165, 1.54) is 6.42 Å². The van der Waals surface area contributed by atoms with Gasteiger partial charge >= 0.3 is 5.97 Å². The van der Waals surface area contributed by atoms with Gasteiger partial charge in [0, 0.05) is 17.4 Å². The van der Waals surface area contributed by atoms with Crippen molar-refractivity contribution in [2.45, 2.75) is 46.6 Å². The second-order valence-electron chi connectivity index (χ2n) is 5.54. The maximum Gasteiger partial charge on any atom is 0.340 e. The van der Waals surface area contributed by atoms with E-state index in [0.717, 1.165) is 12.1 Å². The van der Waals surface area contributed by atoms with Gasteiger partial charge in [-0.25, -0.2) is 4.79 Å². The van der Waals surface area contributed by atoms with Gasteiger partial charge in [-0.1, -0.05) is 13.8 Å². The number of nitrogens with two attached hydrogens (primary N) is 1. The van der Waals surface area contributed by atoms with E-state index in [0.29, 0.717) is 29.8 Å². The SMILES string of the molecule is CCOC(=O)c1cc(NC(C)CCC(C)C)ccc1N. The molecular weight excluding hydrogens is 252 g/mol. The fraction of sp³-hybridized carbons (Fsp3) is 0.562. The Morgan fingerprint density at radius 3 is 2.60 bits per heavy atom. The Bertz CT molecular complexity index is 444. The summed E-state index contributed by atoms with van der Waals surface area (Å²) in [5.41, 5.74) is 7.59. The van der Waals surface area contributed by atoms with Crippen molar-refractivity contribution in [2.75, 3.05) is 17.7 Å². The number of anilines is 2. The van der Waals surface area contributed by atoms with E-state index >= 15 is 0 Å². The molecule has 0 saturated carbocycles. The predicted molar refractivity (Wildman–Crippen MR) is 84.0 cm³/mol. The number of carbonyl (C=O) groups excluding carboxylic acids is 1. The van der Waals surface area contributed by atoms with E-state index in [2.05, 4.69) is 26.1 Å². The predicted octanol–water partition coefficient (Wildman–Crippen LogP) is 3.68. The molecule has 4 nitrogen and oxygen atoms in total. The summed E-state index contributed by atoms with van der Waals surface area (Å²) < 4.78 is 5.00. The largest absolute Gasteiger partial charge is 0.462 e. The average molecular weight is 278 g/mol. The van der Waals surface area contributed by atoms with Crippen molar-refractivity contribution in [3.63, 3.8) is 0 Å². The maximum absolute atomic E-state index is 11.8. The van der Waals surface area contributed by atoms with Crippen LogP contribution in [0.5, 0.6) is 0 Å². The highest BCUT2D eigenvalue weighted by Crippen LogP contribution is 2.20. The number of ether oxygens (including phenoxy) is 1. The van der Waals surface area contributed by atoms with Crippen LogP contribution in [0, 0.1) is 5.92 Å². The van der Waals surface area contributed by atoms with Gasteiger partial charge in [0.1, 0.15) is 0 Å². The summed E-state index contributed by atoms with van der Waals surface area (Å²) in [4.78, 5) is 11.8. The van der Waals surface area contributed by atoms with Crippen LogP contribution in [0.4, 0.5) is 11.4 Å². The third-order valence-corrected chi connectivity index (χ3v) is 3.14. The topological polar surface area (TPSA) is 64.3 Å². The molecule has 0 aliphatic carbocycles. The Labute approximate surface area is 121 Å².